The third-order valence-corrected chi connectivity index (χ3v) is 15.0. The van der Waals surface area contributed by atoms with Crippen LogP contribution in [0.1, 0.15) is 67.8 Å². The molecule has 0 aliphatic carbocycles. The molecular formula is C60H75N15O23S. The zero-order valence-corrected chi connectivity index (χ0v) is 53.5. The van der Waals surface area contributed by atoms with Gasteiger partial charge in [-0.15, -0.1) is 0 Å². The van der Waals surface area contributed by atoms with Gasteiger partial charge in [-0.3, -0.25) is 76.5 Å². The van der Waals surface area contributed by atoms with Crippen LogP contribution in [0.2, 0.25) is 0 Å². The number of H-pyrrole nitrogens is 1. The second-order valence-electron chi connectivity index (χ2n) is 22.5. The number of nitrogens with one attached hydrogen (secondary N) is 12. The smallest absolute Gasteiger partial charge is 0.446 e. The number of nitrogens with two attached hydrogens (primary N) is 2. The number of imidazole rings is 1. The van der Waals surface area contributed by atoms with Gasteiger partial charge < -0.3 is 99.5 Å². The summed E-state index contributed by atoms with van der Waals surface area (Å²) in [6, 6.07) is 3.37. The molecule has 5 rings (SSSR count). The Hall–Kier alpha value is -11.5. The van der Waals surface area contributed by atoms with Crippen molar-refractivity contribution in [3.8, 4) is 5.75 Å². The van der Waals surface area contributed by atoms with E-state index in [2.05, 4.69) is 72.6 Å². The first-order valence-electron chi connectivity index (χ1n) is 30.2. The van der Waals surface area contributed by atoms with Crippen LogP contribution >= 0.6 is 0 Å². The van der Waals surface area contributed by atoms with Gasteiger partial charge in [-0.2, -0.15) is 8.42 Å². The monoisotopic (exact) mass is 1410 g/mol. The quantitative estimate of drug-likeness (QED) is 0.0184. The van der Waals surface area contributed by atoms with E-state index in [1.165, 1.54) is 12.5 Å². The molecule has 0 radical (unpaired) electrons. The maximum atomic E-state index is 14.4. The summed E-state index contributed by atoms with van der Waals surface area (Å²) < 4.78 is 36.3. The molecule has 1 aliphatic heterocycles. The number of aliphatic carboxylic acids is 2. The predicted molar refractivity (Wildman–Crippen MR) is 337 cm³/mol. The Morgan fingerprint density at radius 2 is 1.04 bits per heavy atom. The molecule has 2 heterocycles. The first-order chi connectivity index (χ1) is 46.8. The number of aliphatic hydroxyl groups is 2. The molecule has 38 nitrogen and oxygen atoms in total. The summed E-state index contributed by atoms with van der Waals surface area (Å²) >= 11 is 0. The molecule has 0 spiro atoms. The van der Waals surface area contributed by atoms with Crippen LogP contribution in [-0.2, 0) is 108 Å². The number of carbonyl (C=O) groups excluding carboxylic acids is 13. The zero-order valence-electron chi connectivity index (χ0n) is 52.7. The van der Waals surface area contributed by atoms with Gasteiger partial charge in [0.15, 0.2) is 0 Å². The van der Waals surface area contributed by atoms with Crippen molar-refractivity contribution in [2.24, 2.45) is 11.5 Å². The average molecular weight is 1410 g/mol. The highest BCUT2D eigenvalue weighted by Crippen LogP contribution is 2.17. The zero-order chi connectivity index (χ0) is 73.1. The standard InChI is InChI=1S/C60H75N15O23S/c1-30(77)50(75-58(92)40(22-33-12-14-35(15-13-33)98-99(95,96)97)71-57(91)43(25-49(83)84)73-53(87)37(16-18-45(61)78)68-52(86)36-17-19-46(79)66-36)60(94)64-27-47(80)67-44(28-76)59(93)72-41(23-34-26-63-29-65-34)55(89)70-39(21-32-10-6-3-7-11-32)54(88)74-42(24-48(81)82)56(90)69-38(51(62)85)20-31-8-4-2-5-9-31/h2-15,26,29-30,36-44,50,76-77H,16-25,27-28H2,1H3,(H2,61,78)(H2,62,85)(H,63,65)(H,64,94)(H,66,79)(H,67,80)(H,68,86)(H,69,90)(H,70,89)(H,71,91)(H,72,93)(H,73,87)(H,74,88)(H,75,92)(H,81,82)(H,83,84)(H,95,96,97)/t30-,36+,37+,38+,39+,40+,41+,42+,43+,44+,50+/m1/s1. The van der Waals surface area contributed by atoms with Gasteiger partial charge in [0, 0.05) is 50.4 Å². The van der Waals surface area contributed by atoms with E-state index in [4.69, 9.17) is 16.0 Å². The van der Waals surface area contributed by atoms with Gasteiger partial charge >= 0.3 is 22.3 Å². The number of aromatic nitrogens is 2. The number of aromatic amines is 1. The molecule has 1 fully saturated rings. The molecular weight excluding hydrogens is 1330 g/mol. The van der Waals surface area contributed by atoms with Crippen molar-refractivity contribution in [1.82, 2.24) is 68.5 Å². The van der Waals surface area contributed by atoms with E-state index in [1.54, 1.807) is 60.7 Å². The molecule has 39 heteroatoms. The predicted octanol–water partition coefficient (Wildman–Crippen LogP) is -7.31. The van der Waals surface area contributed by atoms with Crippen molar-refractivity contribution in [3.63, 3.8) is 0 Å². The highest BCUT2D eigenvalue weighted by molar-refractivity contribution is 7.81. The molecule has 13 amide bonds. The molecule has 4 aromatic rings. The molecule has 0 bridgehead atoms. The van der Waals surface area contributed by atoms with Gasteiger partial charge in [0.25, 0.3) is 0 Å². The van der Waals surface area contributed by atoms with Crippen LogP contribution in [0.4, 0.5) is 0 Å². The van der Waals surface area contributed by atoms with E-state index >= 15 is 0 Å². The number of carbonyl (C=O) groups is 15. The fraction of sp³-hybridized carbons (Fsp3) is 0.400. The number of carboxylic acid groups (broad SMARTS) is 2. The van der Waals surface area contributed by atoms with Gasteiger partial charge in [-0.1, -0.05) is 72.8 Å². The van der Waals surface area contributed by atoms with Crippen LogP contribution in [0.15, 0.2) is 97.5 Å². The van der Waals surface area contributed by atoms with Crippen LogP contribution < -0.4 is 74.1 Å². The van der Waals surface area contributed by atoms with Crippen LogP contribution in [-0.4, -0.2) is 212 Å². The van der Waals surface area contributed by atoms with Crippen LogP contribution in [0, 0.1) is 0 Å². The number of benzene rings is 3. The van der Waals surface area contributed by atoms with Gasteiger partial charge in [0.1, 0.15) is 66.2 Å². The van der Waals surface area contributed by atoms with Crippen LogP contribution in [0.3, 0.4) is 0 Å². The Kier molecular flexibility index (Phi) is 29.8. The normalized spacial score (nSPS) is 15.6. The van der Waals surface area contributed by atoms with Crippen molar-refractivity contribution in [2.45, 2.75) is 138 Å². The molecule has 11 atom stereocenters. The van der Waals surface area contributed by atoms with Crippen molar-refractivity contribution in [3.05, 3.63) is 120 Å². The Bertz CT molecular complexity index is 3680. The van der Waals surface area contributed by atoms with Gasteiger partial charge in [0.2, 0.25) is 76.8 Å². The lowest BCUT2D eigenvalue weighted by molar-refractivity contribution is -0.142. The van der Waals surface area contributed by atoms with E-state index < -0.39 is 223 Å². The lowest BCUT2D eigenvalue weighted by Gasteiger charge is -2.27. The van der Waals surface area contributed by atoms with E-state index in [-0.39, 0.29) is 36.9 Å². The summed E-state index contributed by atoms with van der Waals surface area (Å²) in [6.07, 6.45) is -3.99. The molecule has 534 valence electrons. The average Bonchev–Trinajstić information content (AvgIpc) is 1.15. The van der Waals surface area contributed by atoms with Crippen LogP contribution in [0.25, 0.3) is 0 Å². The van der Waals surface area contributed by atoms with E-state index in [0.717, 1.165) is 31.2 Å². The first-order valence-corrected chi connectivity index (χ1v) is 31.5. The summed E-state index contributed by atoms with van der Waals surface area (Å²) in [5, 5.41) is 65.9. The first kappa shape index (κ1) is 78.2. The number of primary amides is 2. The van der Waals surface area contributed by atoms with Crippen molar-refractivity contribution in [1.29, 1.82) is 0 Å². The molecule has 99 heavy (non-hydrogen) atoms. The summed E-state index contributed by atoms with van der Waals surface area (Å²) in [4.78, 5) is 205. The van der Waals surface area contributed by atoms with E-state index in [9.17, 15) is 101 Å². The topological polar surface area (TPSA) is 614 Å². The van der Waals surface area contributed by atoms with Gasteiger partial charge in [-0.05, 0) is 48.6 Å². The molecule has 1 aliphatic rings. The Morgan fingerprint density at radius 1 is 0.586 bits per heavy atom. The lowest BCUT2D eigenvalue weighted by atomic mass is 10.0. The second kappa shape index (κ2) is 37.7. The Labute approximate surface area is 563 Å². The summed E-state index contributed by atoms with van der Waals surface area (Å²) in [6.45, 7) is -1.24. The number of carboxylic acids is 2. The lowest BCUT2D eigenvalue weighted by Crippen LogP contribution is -2.61. The minimum absolute atomic E-state index is 0.0274. The molecule has 1 aromatic heterocycles. The Morgan fingerprint density at radius 3 is 1.48 bits per heavy atom. The highest BCUT2D eigenvalue weighted by atomic mass is 32.3. The third kappa shape index (κ3) is 26.9. The second-order valence-corrected chi connectivity index (χ2v) is 23.5. The molecule has 0 saturated carbocycles. The fourth-order valence-electron chi connectivity index (χ4n) is 9.62. The summed E-state index contributed by atoms with van der Waals surface area (Å²) in [5.41, 5.74) is 12.1. The number of rotatable bonds is 40. The van der Waals surface area contributed by atoms with Gasteiger partial charge in [-0.25, -0.2) is 4.98 Å². The van der Waals surface area contributed by atoms with Crippen LogP contribution in [0.5, 0.6) is 5.75 Å². The SMILES string of the molecule is C[C@@H](O)[C@H](NC(=O)[C@H](Cc1ccc(OS(=O)(=O)O)cc1)NC(=O)[C@H](CC(=O)O)NC(=O)[C@H](CCC(N)=O)NC(=O)[C@@H]1CCC(=O)N1)C(=O)NCC(=O)N[C@@H](CO)C(=O)N[C@@H](Cc1cnc[nH]1)C(=O)N[C@@H](Cc1ccccc1)C(=O)N[C@@H](CC(=O)O)C(=O)N[C@@H](Cc1ccccc1)C(N)=O. The maximum Gasteiger partial charge on any atom is 0.446 e. The van der Waals surface area contributed by atoms with Gasteiger partial charge in [0.05, 0.1) is 38.4 Å². The van der Waals surface area contributed by atoms with Crippen molar-refractivity contribution in [2.75, 3.05) is 13.2 Å². The molecule has 0 unspecified atom stereocenters. The molecule has 21 N–H and O–H groups in total. The van der Waals surface area contributed by atoms with E-state index in [1.807, 2.05) is 0 Å². The minimum Gasteiger partial charge on any atom is -0.481 e. The van der Waals surface area contributed by atoms with Crippen molar-refractivity contribution < 1.29 is 109 Å². The summed E-state index contributed by atoms with van der Waals surface area (Å²) in [5.74, 6) is -18.0. The largest absolute Gasteiger partial charge is 0.481 e. The number of hydrogen-bond acceptors (Lipinski definition) is 21. The summed E-state index contributed by atoms with van der Waals surface area (Å²) in [7, 11) is -5.03. The number of aliphatic hydroxyl groups excluding tert-OH is 2. The molecule has 1 saturated heterocycles. The van der Waals surface area contributed by atoms with E-state index in [0.29, 0.717) is 11.1 Å². The fourth-order valence-corrected chi connectivity index (χ4v) is 9.98. The number of amides is 13. The highest BCUT2D eigenvalue weighted by Gasteiger charge is 2.38. The molecule has 3 aromatic carbocycles. The minimum atomic E-state index is -5.03. The maximum absolute atomic E-state index is 14.4. The third-order valence-electron chi connectivity index (χ3n) is 14.6. The number of hydrogen-bond donors (Lipinski definition) is 19. The van der Waals surface area contributed by atoms with Crippen molar-refractivity contribution >= 4 is 99.1 Å². The Balaban J connectivity index is 1.31. The number of nitrogens with zero attached hydrogens (tertiary/aromatic N) is 1.